The minimum Gasteiger partial charge on any atom is -0.381 e. The molecule has 0 aromatic rings. The van der Waals surface area contributed by atoms with Crippen molar-refractivity contribution < 1.29 is 9.53 Å². The van der Waals surface area contributed by atoms with Crippen LogP contribution >= 0.6 is 0 Å². The molecule has 0 spiro atoms. The van der Waals surface area contributed by atoms with Gasteiger partial charge in [0.1, 0.15) is 5.78 Å². The molecule has 0 bridgehead atoms. The Morgan fingerprint density at radius 1 is 1.11 bits per heavy atom. The molecule has 0 aliphatic heterocycles. The van der Waals surface area contributed by atoms with Gasteiger partial charge in [-0.2, -0.15) is 0 Å². The Balaban J connectivity index is 3.42. The van der Waals surface area contributed by atoms with E-state index in [1.807, 2.05) is 7.05 Å². The van der Waals surface area contributed by atoms with Crippen LogP contribution in [-0.2, 0) is 9.53 Å². The Hall–Kier alpha value is -0.410. The van der Waals surface area contributed by atoms with Crippen molar-refractivity contribution in [2.45, 2.75) is 47.0 Å². The maximum Gasteiger partial charge on any atom is 0.146 e. The largest absolute Gasteiger partial charge is 0.381 e. The predicted octanol–water partition coefficient (Wildman–Crippen LogP) is 2.99. The number of likely N-dealkylation sites (N-methyl/N-ethyl adjacent to an activating group) is 1. The van der Waals surface area contributed by atoms with E-state index >= 15 is 0 Å². The first-order chi connectivity index (χ1) is 8.41. The van der Waals surface area contributed by atoms with Crippen LogP contribution in [0.4, 0.5) is 0 Å². The molecule has 108 valence electrons. The molecular weight excluding hydrogens is 226 g/mol. The highest BCUT2D eigenvalue weighted by molar-refractivity contribution is 5.80. The van der Waals surface area contributed by atoms with Gasteiger partial charge >= 0.3 is 0 Å². The normalized spacial score (nSPS) is 11.8. The van der Waals surface area contributed by atoms with Crippen molar-refractivity contribution in [2.24, 2.45) is 11.8 Å². The molecule has 0 heterocycles. The Kier molecular flexibility index (Phi) is 10.3. The molecule has 0 aliphatic carbocycles. The van der Waals surface area contributed by atoms with Crippen LogP contribution in [0.3, 0.4) is 0 Å². The van der Waals surface area contributed by atoms with Gasteiger partial charge in [0, 0.05) is 26.2 Å². The molecule has 0 amide bonds. The maximum atomic E-state index is 11.7. The fraction of sp³-hybridized carbons (Fsp3) is 0.933. The topological polar surface area (TPSA) is 29.5 Å². The van der Waals surface area contributed by atoms with E-state index in [0.717, 1.165) is 26.0 Å². The third-order valence-electron chi connectivity index (χ3n) is 2.71. The summed E-state index contributed by atoms with van der Waals surface area (Å²) in [5, 5.41) is 0. The van der Waals surface area contributed by atoms with Gasteiger partial charge in [-0.15, -0.1) is 0 Å². The summed E-state index contributed by atoms with van der Waals surface area (Å²) in [4.78, 5) is 13.8. The molecule has 18 heavy (non-hydrogen) atoms. The molecule has 0 saturated heterocycles. The van der Waals surface area contributed by atoms with E-state index in [-0.39, 0.29) is 0 Å². The number of hydrogen-bond donors (Lipinski definition) is 0. The zero-order chi connectivity index (χ0) is 14.0. The fourth-order valence-electron chi connectivity index (χ4n) is 1.86. The average Bonchev–Trinajstić information content (AvgIpc) is 2.21. The number of carbonyl (C=O) groups is 1. The highest BCUT2D eigenvalue weighted by atomic mass is 16.5. The lowest BCUT2D eigenvalue weighted by molar-refractivity contribution is -0.120. The lowest BCUT2D eigenvalue weighted by Crippen LogP contribution is -2.29. The Morgan fingerprint density at radius 3 is 2.33 bits per heavy atom. The number of ketones is 1. The minimum atomic E-state index is 0.325. The number of hydrogen-bond acceptors (Lipinski definition) is 3. The van der Waals surface area contributed by atoms with Crippen molar-refractivity contribution in [1.29, 1.82) is 0 Å². The molecule has 3 heteroatoms. The van der Waals surface area contributed by atoms with Gasteiger partial charge in [0.15, 0.2) is 0 Å². The first-order valence-electron chi connectivity index (χ1n) is 7.19. The third-order valence-corrected chi connectivity index (χ3v) is 2.71. The Bertz CT molecular complexity index is 215. The molecule has 0 aromatic heterocycles. The monoisotopic (exact) mass is 257 g/mol. The van der Waals surface area contributed by atoms with Crippen LogP contribution in [0.25, 0.3) is 0 Å². The van der Waals surface area contributed by atoms with Crippen LogP contribution in [-0.4, -0.2) is 44.0 Å². The van der Waals surface area contributed by atoms with E-state index in [0.29, 0.717) is 37.2 Å². The molecule has 0 unspecified atom stereocenters. The molecular formula is C15H31NO2. The lowest BCUT2D eigenvalue weighted by atomic mass is 10.1. The van der Waals surface area contributed by atoms with Gasteiger partial charge in [-0.25, -0.2) is 0 Å². The zero-order valence-corrected chi connectivity index (χ0v) is 12.9. The molecule has 0 N–H and O–H groups in total. The summed E-state index contributed by atoms with van der Waals surface area (Å²) >= 11 is 0. The van der Waals surface area contributed by atoms with Gasteiger partial charge in [0.05, 0.1) is 6.54 Å². The summed E-state index contributed by atoms with van der Waals surface area (Å²) in [5.74, 6) is 1.63. The number of rotatable bonds is 11. The summed E-state index contributed by atoms with van der Waals surface area (Å²) in [6.07, 6.45) is 2.60. The molecule has 0 fully saturated rings. The zero-order valence-electron chi connectivity index (χ0n) is 12.9. The molecule has 3 nitrogen and oxygen atoms in total. The Labute approximate surface area is 113 Å². The van der Waals surface area contributed by atoms with E-state index in [1.54, 1.807) is 0 Å². The fourth-order valence-corrected chi connectivity index (χ4v) is 1.86. The van der Waals surface area contributed by atoms with Crippen LogP contribution < -0.4 is 0 Å². The second-order valence-corrected chi connectivity index (χ2v) is 6.03. The van der Waals surface area contributed by atoms with Crippen molar-refractivity contribution in [2.75, 3.05) is 33.4 Å². The first-order valence-corrected chi connectivity index (χ1v) is 7.19. The van der Waals surface area contributed by atoms with Crippen molar-refractivity contribution in [1.82, 2.24) is 4.90 Å². The van der Waals surface area contributed by atoms with Gasteiger partial charge in [-0.3, -0.25) is 9.69 Å². The van der Waals surface area contributed by atoms with Crippen molar-refractivity contribution in [3.05, 3.63) is 0 Å². The highest BCUT2D eigenvalue weighted by Gasteiger charge is 2.07. The lowest BCUT2D eigenvalue weighted by Gasteiger charge is -2.17. The predicted molar refractivity (Wildman–Crippen MR) is 76.9 cm³/mol. The van der Waals surface area contributed by atoms with Gasteiger partial charge in [-0.1, -0.05) is 27.7 Å². The molecule has 0 aliphatic rings. The van der Waals surface area contributed by atoms with Crippen LogP contribution in [0.15, 0.2) is 0 Å². The number of nitrogens with zero attached hydrogens (tertiary/aromatic N) is 1. The summed E-state index contributed by atoms with van der Waals surface area (Å²) in [7, 11) is 2.01. The van der Waals surface area contributed by atoms with E-state index in [9.17, 15) is 4.79 Å². The second-order valence-electron chi connectivity index (χ2n) is 6.03. The number of carbonyl (C=O) groups excluding carboxylic acids is 1. The maximum absolute atomic E-state index is 11.7. The van der Waals surface area contributed by atoms with Gasteiger partial charge < -0.3 is 4.74 Å². The average molecular weight is 257 g/mol. The second kappa shape index (κ2) is 10.5. The van der Waals surface area contributed by atoms with Crippen LogP contribution in [0.1, 0.15) is 47.0 Å². The Morgan fingerprint density at radius 2 is 1.78 bits per heavy atom. The summed E-state index contributed by atoms with van der Waals surface area (Å²) in [6, 6.07) is 0. The van der Waals surface area contributed by atoms with Crippen LogP contribution in [0.5, 0.6) is 0 Å². The van der Waals surface area contributed by atoms with Crippen molar-refractivity contribution in [3.8, 4) is 0 Å². The van der Waals surface area contributed by atoms with Crippen LogP contribution in [0, 0.1) is 11.8 Å². The molecule has 0 atom stereocenters. The summed E-state index contributed by atoms with van der Waals surface area (Å²) in [5.41, 5.74) is 0. The van der Waals surface area contributed by atoms with Crippen molar-refractivity contribution >= 4 is 5.78 Å². The summed E-state index contributed by atoms with van der Waals surface area (Å²) in [6.45, 7) is 11.8. The van der Waals surface area contributed by atoms with E-state index in [1.165, 1.54) is 0 Å². The number of Topliss-reactive ketones (excluding diaryl/α,β-unsaturated/α-hetero) is 1. The summed E-state index contributed by atoms with van der Waals surface area (Å²) < 4.78 is 5.50. The quantitative estimate of drug-likeness (QED) is 0.533. The van der Waals surface area contributed by atoms with Gasteiger partial charge in [0.25, 0.3) is 0 Å². The van der Waals surface area contributed by atoms with Gasteiger partial charge in [-0.05, 0) is 31.7 Å². The van der Waals surface area contributed by atoms with Gasteiger partial charge in [0.2, 0.25) is 0 Å². The van der Waals surface area contributed by atoms with E-state index in [4.69, 9.17) is 4.74 Å². The van der Waals surface area contributed by atoms with Crippen molar-refractivity contribution in [3.63, 3.8) is 0 Å². The molecule has 0 rings (SSSR count). The smallest absolute Gasteiger partial charge is 0.146 e. The van der Waals surface area contributed by atoms with E-state index < -0.39 is 0 Å². The van der Waals surface area contributed by atoms with Crippen LogP contribution in [0.2, 0.25) is 0 Å². The first kappa shape index (κ1) is 17.6. The highest BCUT2D eigenvalue weighted by Crippen LogP contribution is 2.01. The van der Waals surface area contributed by atoms with E-state index in [2.05, 4.69) is 32.6 Å². The minimum absolute atomic E-state index is 0.325. The third kappa shape index (κ3) is 12.1. The molecule has 0 aromatic carbocycles. The molecule has 0 radical (unpaired) electrons. The molecule has 0 saturated carbocycles. The number of ether oxygens (including phenoxy) is 1. The standard InChI is InChI=1S/C15H31NO2/c1-13(2)8-10-18-9-6-7-15(17)12-16(5)11-14(3)4/h13-14H,6-12H2,1-5H3. The SMILES string of the molecule is CC(C)CCOCCCC(=O)CN(C)CC(C)C.